The molecule has 1 aromatic heterocycles. The van der Waals surface area contributed by atoms with Gasteiger partial charge in [0.05, 0.1) is 52.9 Å². The van der Waals surface area contributed by atoms with E-state index in [4.69, 9.17) is 28.8 Å². The molecule has 0 aliphatic rings. The number of nitrogens with one attached hydrogen (secondary N) is 1. The van der Waals surface area contributed by atoms with Gasteiger partial charge in [0.1, 0.15) is 18.1 Å². The third-order valence-corrected chi connectivity index (χ3v) is 5.08. The second-order valence-electron chi connectivity index (χ2n) is 7.98. The number of esters is 1. The number of hydrogen-bond acceptors (Lipinski definition) is 7. The van der Waals surface area contributed by atoms with Crippen molar-refractivity contribution in [2.45, 2.75) is 71.1 Å². The minimum atomic E-state index is -0.426. The standard InChI is InChI=1S/C25H45NO7/c1-2-3-4-5-6-7-8-9-10-11-13-32-23-21-24(26-22-23)25(28)33-20-19-31-18-17-30-16-15-29-14-12-27/h21-22,26-27H,2-20H2,1H3. The zero-order valence-corrected chi connectivity index (χ0v) is 20.5. The summed E-state index contributed by atoms with van der Waals surface area (Å²) in [5.41, 5.74) is 0.374. The van der Waals surface area contributed by atoms with Crippen LogP contribution >= 0.6 is 0 Å². The van der Waals surface area contributed by atoms with Crippen molar-refractivity contribution < 1.29 is 33.6 Å². The molecule has 192 valence electrons. The maximum absolute atomic E-state index is 12.1. The Morgan fingerprint density at radius 3 is 1.91 bits per heavy atom. The van der Waals surface area contributed by atoms with Gasteiger partial charge in [-0.3, -0.25) is 0 Å². The van der Waals surface area contributed by atoms with E-state index in [1.165, 1.54) is 57.8 Å². The van der Waals surface area contributed by atoms with E-state index in [9.17, 15) is 4.79 Å². The van der Waals surface area contributed by atoms with Gasteiger partial charge in [0.15, 0.2) is 0 Å². The highest BCUT2D eigenvalue weighted by atomic mass is 16.6. The fraction of sp³-hybridized carbons (Fsp3) is 0.800. The maximum Gasteiger partial charge on any atom is 0.354 e. The first-order valence-electron chi connectivity index (χ1n) is 12.6. The zero-order chi connectivity index (χ0) is 23.8. The van der Waals surface area contributed by atoms with E-state index in [0.29, 0.717) is 57.7 Å². The Kier molecular flexibility index (Phi) is 19.8. The Labute approximate surface area is 199 Å². The van der Waals surface area contributed by atoms with Crippen molar-refractivity contribution in [1.29, 1.82) is 0 Å². The van der Waals surface area contributed by atoms with E-state index in [1.807, 2.05) is 0 Å². The largest absolute Gasteiger partial charge is 0.492 e. The molecule has 1 heterocycles. The predicted octanol–water partition coefficient (Wildman–Crippen LogP) is 4.51. The topological polar surface area (TPSA) is 99.2 Å². The molecule has 0 atom stereocenters. The van der Waals surface area contributed by atoms with Crippen molar-refractivity contribution in [3.05, 3.63) is 18.0 Å². The first-order chi connectivity index (χ1) is 16.3. The van der Waals surface area contributed by atoms with Crippen LogP contribution in [0.15, 0.2) is 12.3 Å². The fourth-order valence-corrected chi connectivity index (χ4v) is 3.23. The number of aromatic nitrogens is 1. The molecule has 0 saturated heterocycles. The lowest BCUT2D eigenvalue weighted by Gasteiger charge is -2.07. The average Bonchev–Trinajstić information content (AvgIpc) is 3.30. The van der Waals surface area contributed by atoms with Crippen LogP contribution in [0.3, 0.4) is 0 Å². The summed E-state index contributed by atoms with van der Waals surface area (Å²) < 4.78 is 26.6. The lowest BCUT2D eigenvalue weighted by atomic mass is 10.1. The maximum atomic E-state index is 12.1. The number of carbonyl (C=O) groups is 1. The van der Waals surface area contributed by atoms with Gasteiger partial charge in [0.25, 0.3) is 0 Å². The molecule has 1 aromatic rings. The summed E-state index contributed by atoms with van der Waals surface area (Å²) in [6.45, 7) is 5.47. The molecular weight excluding hydrogens is 426 g/mol. The number of aliphatic hydroxyl groups is 1. The van der Waals surface area contributed by atoms with Gasteiger partial charge >= 0.3 is 5.97 Å². The molecule has 0 spiro atoms. The smallest absolute Gasteiger partial charge is 0.354 e. The van der Waals surface area contributed by atoms with Gasteiger partial charge in [-0.1, -0.05) is 64.7 Å². The molecule has 0 aliphatic heterocycles. The quantitative estimate of drug-likeness (QED) is 0.169. The second kappa shape index (κ2) is 22.2. The minimum Gasteiger partial charge on any atom is -0.492 e. The van der Waals surface area contributed by atoms with Crippen LogP contribution in [0.2, 0.25) is 0 Å². The van der Waals surface area contributed by atoms with E-state index in [2.05, 4.69) is 11.9 Å². The number of rotatable bonds is 24. The fourth-order valence-electron chi connectivity index (χ4n) is 3.23. The number of carbonyl (C=O) groups excluding carboxylic acids is 1. The molecule has 1 rings (SSSR count). The summed E-state index contributed by atoms with van der Waals surface area (Å²) in [5.74, 6) is 0.235. The summed E-state index contributed by atoms with van der Waals surface area (Å²) in [4.78, 5) is 15.0. The summed E-state index contributed by atoms with van der Waals surface area (Å²) in [6, 6.07) is 1.67. The van der Waals surface area contributed by atoms with Crippen molar-refractivity contribution in [3.63, 3.8) is 0 Å². The van der Waals surface area contributed by atoms with E-state index in [0.717, 1.165) is 6.42 Å². The van der Waals surface area contributed by atoms with Crippen molar-refractivity contribution in [2.75, 3.05) is 59.5 Å². The molecule has 8 nitrogen and oxygen atoms in total. The molecule has 0 aliphatic carbocycles. The van der Waals surface area contributed by atoms with Crippen molar-refractivity contribution >= 4 is 5.97 Å². The number of aromatic amines is 1. The third kappa shape index (κ3) is 17.5. The van der Waals surface area contributed by atoms with Crippen LogP contribution in [0.4, 0.5) is 0 Å². The Morgan fingerprint density at radius 1 is 0.758 bits per heavy atom. The first-order valence-corrected chi connectivity index (χ1v) is 12.6. The summed E-state index contributed by atoms with van der Waals surface area (Å²) in [6.07, 6.45) is 14.6. The van der Waals surface area contributed by atoms with Crippen LogP contribution in [0, 0.1) is 0 Å². The summed E-state index contributed by atoms with van der Waals surface area (Å²) >= 11 is 0. The SMILES string of the molecule is CCCCCCCCCCCCOc1c[nH]c(C(=O)OCCOCCOCCOCCO)c1. The molecule has 0 radical (unpaired) electrons. The van der Waals surface area contributed by atoms with Crippen molar-refractivity contribution in [2.24, 2.45) is 0 Å². The van der Waals surface area contributed by atoms with Gasteiger partial charge in [-0.05, 0) is 6.42 Å². The molecule has 0 aromatic carbocycles. The Morgan fingerprint density at radius 2 is 1.30 bits per heavy atom. The predicted molar refractivity (Wildman–Crippen MR) is 128 cm³/mol. The van der Waals surface area contributed by atoms with E-state index in [1.54, 1.807) is 12.3 Å². The first kappa shape index (κ1) is 29.4. The Hall–Kier alpha value is -1.61. The van der Waals surface area contributed by atoms with E-state index >= 15 is 0 Å². The van der Waals surface area contributed by atoms with Gasteiger partial charge < -0.3 is 33.8 Å². The molecule has 8 heteroatoms. The highest BCUT2D eigenvalue weighted by Gasteiger charge is 2.10. The van der Waals surface area contributed by atoms with Crippen LogP contribution in [-0.4, -0.2) is 75.5 Å². The lowest BCUT2D eigenvalue weighted by Crippen LogP contribution is -2.14. The summed E-state index contributed by atoms with van der Waals surface area (Å²) in [5, 5.41) is 8.57. The number of ether oxygens (including phenoxy) is 5. The molecule has 0 amide bonds. The number of H-pyrrole nitrogens is 1. The number of aliphatic hydroxyl groups excluding tert-OH is 1. The molecule has 0 unspecified atom stereocenters. The van der Waals surface area contributed by atoms with Crippen LogP contribution < -0.4 is 4.74 Å². The van der Waals surface area contributed by atoms with E-state index in [-0.39, 0.29) is 13.2 Å². The van der Waals surface area contributed by atoms with Gasteiger partial charge in [0, 0.05) is 12.3 Å². The molecule has 33 heavy (non-hydrogen) atoms. The minimum absolute atomic E-state index is 0.0120. The Balaban J connectivity index is 1.94. The van der Waals surface area contributed by atoms with Crippen LogP contribution in [0.1, 0.15) is 81.6 Å². The molecule has 0 saturated carbocycles. The van der Waals surface area contributed by atoms with Gasteiger partial charge in [0.2, 0.25) is 0 Å². The average molecular weight is 472 g/mol. The Bertz CT molecular complexity index is 565. The van der Waals surface area contributed by atoms with Gasteiger partial charge in [-0.15, -0.1) is 0 Å². The lowest BCUT2D eigenvalue weighted by molar-refractivity contribution is -0.00325. The third-order valence-electron chi connectivity index (χ3n) is 5.08. The second-order valence-corrected chi connectivity index (χ2v) is 7.98. The molecular formula is C25H45NO7. The highest BCUT2D eigenvalue weighted by Crippen LogP contribution is 2.15. The monoisotopic (exact) mass is 471 g/mol. The highest BCUT2D eigenvalue weighted by molar-refractivity contribution is 5.87. The number of unbranched alkanes of at least 4 members (excludes halogenated alkanes) is 9. The van der Waals surface area contributed by atoms with Crippen LogP contribution in [0.5, 0.6) is 5.75 Å². The van der Waals surface area contributed by atoms with Gasteiger partial charge in [-0.25, -0.2) is 4.79 Å². The van der Waals surface area contributed by atoms with Crippen LogP contribution in [0.25, 0.3) is 0 Å². The molecule has 0 fully saturated rings. The normalized spacial score (nSPS) is 11.1. The van der Waals surface area contributed by atoms with Crippen molar-refractivity contribution in [1.82, 2.24) is 4.98 Å². The van der Waals surface area contributed by atoms with Crippen LogP contribution in [-0.2, 0) is 18.9 Å². The number of hydrogen-bond donors (Lipinski definition) is 2. The molecule has 0 bridgehead atoms. The van der Waals surface area contributed by atoms with E-state index < -0.39 is 5.97 Å². The zero-order valence-electron chi connectivity index (χ0n) is 20.5. The van der Waals surface area contributed by atoms with Crippen molar-refractivity contribution in [3.8, 4) is 5.75 Å². The van der Waals surface area contributed by atoms with Gasteiger partial charge in [-0.2, -0.15) is 0 Å². The summed E-state index contributed by atoms with van der Waals surface area (Å²) in [7, 11) is 0. The molecule has 2 N–H and O–H groups in total.